The smallest absolute Gasteiger partial charge is 0.230 e. The molecule has 0 saturated heterocycles. The molecule has 12 heteroatoms. The molecule has 0 aromatic heterocycles. The molecule has 0 rings (SSSR count). The molecule has 0 aliphatic rings. The van der Waals surface area contributed by atoms with Gasteiger partial charge in [0.25, 0.3) is 0 Å². The summed E-state index contributed by atoms with van der Waals surface area (Å²) >= 11 is 0. The first-order chi connectivity index (χ1) is 11.0. The largest absolute Gasteiger partial charge is 0.541 e. The molecule has 0 N–H and O–H groups in total. The van der Waals surface area contributed by atoms with Gasteiger partial charge in [-0.2, -0.15) is 0 Å². The summed E-state index contributed by atoms with van der Waals surface area (Å²) < 4.78 is 0. The van der Waals surface area contributed by atoms with E-state index in [4.69, 9.17) is 0 Å². The molecular weight excluding hydrogens is 684 g/mol. The van der Waals surface area contributed by atoms with Crippen LogP contribution in [0.25, 0.3) is 0 Å². The van der Waals surface area contributed by atoms with Gasteiger partial charge in [0, 0.05) is 151 Å². The second-order valence-electron chi connectivity index (χ2n) is 5.29. The SMILES string of the molecule is CC(=O)CN(C)C(=O)C[C-]=O.CCC(=O)CC(=O)N(C)CC(C)=O.[CH3-].[Y].[Y].[Y].[Y]. The average molecular weight is 712 g/mol. The number of rotatable bonds is 9. The molecule has 8 nitrogen and oxygen atoms in total. The first-order valence-corrected chi connectivity index (χ1v) is 7.38. The van der Waals surface area contributed by atoms with Crippen LogP contribution >= 0.6 is 0 Å². The molecule has 0 aromatic carbocycles. The van der Waals surface area contributed by atoms with Gasteiger partial charge >= 0.3 is 0 Å². The Hall–Kier alpha value is 2.04. The maximum absolute atomic E-state index is 11.2. The standard InChI is InChI=1S/C9H15NO3.C7H10NO3.CH3.4Y/c1-4-8(12)5-9(13)10(3)6-7(2)11;1-6(10)5-8(2)7(11)3-4-9;;;;;/h4-6H2,1-3H3;3,5H2,1-2H3;1H3;;;;/q;2*-1;;;;. The number of likely N-dealkylation sites (N-methyl/N-ethyl adjacent to an activating group) is 2. The van der Waals surface area contributed by atoms with Crippen LogP contribution in [-0.2, 0) is 160 Å². The first-order valence-electron chi connectivity index (χ1n) is 7.38. The molecule has 29 heavy (non-hydrogen) atoms. The predicted octanol–water partition coefficient (Wildman–Crippen LogP) is 0.377. The van der Waals surface area contributed by atoms with E-state index >= 15 is 0 Å². The van der Waals surface area contributed by atoms with Crippen molar-refractivity contribution in [2.24, 2.45) is 0 Å². The maximum atomic E-state index is 11.2. The Balaban J connectivity index is -0.0000000574. The summed E-state index contributed by atoms with van der Waals surface area (Å²) in [5, 5.41) is 0. The van der Waals surface area contributed by atoms with Crippen molar-refractivity contribution in [1.82, 2.24) is 9.80 Å². The van der Waals surface area contributed by atoms with Gasteiger partial charge < -0.3 is 22.0 Å². The third kappa shape index (κ3) is 32.3. The van der Waals surface area contributed by atoms with E-state index in [2.05, 4.69) is 0 Å². The van der Waals surface area contributed by atoms with E-state index in [1.54, 1.807) is 6.92 Å². The van der Waals surface area contributed by atoms with Crippen molar-refractivity contribution < 1.29 is 160 Å². The van der Waals surface area contributed by atoms with Crippen LogP contribution < -0.4 is 0 Å². The average Bonchev–Trinajstić information content (AvgIpc) is 2.46. The number of Topliss-reactive ketones (excluding diaryl/α,β-unsaturated/α-hetero) is 3. The van der Waals surface area contributed by atoms with Gasteiger partial charge in [-0.15, -0.1) is 0 Å². The van der Waals surface area contributed by atoms with Gasteiger partial charge in [-0.05, 0) is 13.8 Å². The Kier molecular flexibility index (Phi) is 50.2. The molecule has 4 radical (unpaired) electrons. The number of carbonyl (C=O) groups excluding carboxylic acids is 6. The van der Waals surface area contributed by atoms with Crippen LogP contribution in [0.5, 0.6) is 0 Å². The Morgan fingerprint density at radius 1 is 0.759 bits per heavy atom. The molecular formula is C17H28N2O6Y4-2. The molecule has 0 heterocycles. The van der Waals surface area contributed by atoms with Crippen LogP contribution in [0.2, 0.25) is 0 Å². The van der Waals surface area contributed by atoms with E-state index in [0.29, 0.717) is 6.42 Å². The molecule has 0 saturated carbocycles. The number of amides is 2. The van der Waals surface area contributed by atoms with Crippen molar-refractivity contribution in [3.05, 3.63) is 7.43 Å². The fraction of sp³-hybridized carbons (Fsp3) is 0.588. The van der Waals surface area contributed by atoms with E-state index in [0.717, 1.165) is 0 Å². The molecule has 0 aliphatic heterocycles. The Morgan fingerprint density at radius 2 is 1.10 bits per heavy atom. The van der Waals surface area contributed by atoms with Gasteiger partial charge in [0.15, 0.2) is 5.91 Å². The molecule has 0 fully saturated rings. The Labute approximate surface area is 275 Å². The maximum Gasteiger partial charge on any atom is 0.230 e. The molecule has 0 aliphatic carbocycles. The molecule has 0 bridgehead atoms. The molecule has 0 atom stereocenters. The van der Waals surface area contributed by atoms with E-state index < -0.39 is 0 Å². The summed E-state index contributed by atoms with van der Waals surface area (Å²) in [6, 6.07) is 0. The van der Waals surface area contributed by atoms with Crippen LogP contribution in [0.4, 0.5) is 0 Å². The minimum Gasteiger partial charge on any atom is -0.541 e. The summed E-state index contributed by atoms with van der Waals surface area (Å²) in [5.41, 5.74) is 0. The summed E-state index contributed by atoms with van der Waals surface area (Å²) in [7, 11) is 2.99. The number of hydrogen-bond acceptors (Lipinski definition) is 6. The zero-order chi connectivity index (χ0) is 19.3. The van der Waals surface area contributed by atoms with Crippen molar-refractivity contribution in [2.45, 2.75) is 40.0 Å². The van der Waals surface area contributed by atoms with Crippen molar-refractivity contribution in [3.8, 4) is 0 Å². The third-order valence-electron chi connectivity index (χ3n) is 2.74. The Bertz CT molecular complexity index is 504. The van der Waals surface area contributed by atoms with Crippen molar-refractivity contribution >= 4 is 35.5 Å². The quantitative estimate of drug-likeness (QED) is 0.253. The van der Waals surface area contributed by atoms with E-state index in [9.17, 15) is 28.8 Å². The fourth-order valence-electron chi connectivity index (χ4n) is 1.47. The van der Waals surface area contributed by atoms with Crippen LogP contribution in [-0.4, -0.2) is 72.4 Å². The zero-order valence-electron chi connectivity index (χ0n) is 18.2. The van der Waals surface area contributed by atoms with Crippen molar-refractivity contribution in [1.29, 1.82) is 0 Å². The normalized spacial score (nSPS) is 7.62. The predicted molar refractivity (Wildman–Crippen MR) is 93.3 cm³/mol. The molecule has 0 unspecified atom stereocenters. The van der Waals surface area contributed by atoms with Crippen molar-refractivity contribution in [3.63, 3.8) is 0 Å². The second kappa shape index (κ2) is 30.0. The van der Waals surface area contributed by atoms with Crippen molar-refractivity contribution in [2.75, 3.05) is 27.2 Å². The monoisotopic (exact) mass is 712 g/mol. The first kappa shape index (κ1) is 48.5. The second-order valence-corrected chi connectivity index (χ2v) is 5.29. The third-order valence-corrected chi connectivity index (χ3v) is 2.74. The van der Waals surface area contributed by atoms with Gasteiger partial charge in [-0.3, -0.25) is 30.3 Å². The minimum absolute atomic E-state index is 0. The number of hydrogen-bond donors (Lipinski definition) is 0. The van der Waals surface area contributed by atoms with Crippen LogP contribution in [0.3, 0.4) is 0 Å². The Morgan fingerprint density at radius 3 is 1.38 bits per heavy atom. The molecule has 156 valence electrons. The summed E-state index contributed by atoms with van der Waals surface area (Å²) in [5.74, 6) is -0.954. The fourth-order valence-corrected chi connectivity index (χ4v) is 1.47. The number of ketones is 3. The van der Waals surface area contributed by atoms with E-state index in [-0.39, 0.29) is 193 Å². The van der Waals surface area contributed by atoms with E-state index in [1.807, 2.05) is 0 Å². The van der Waals surface area contributed by atoms with E-state index in [1.165, 1.54) is 44.0 Å². The zero-order valence-corrected chi connectivity index (χ0v) is 29.5. The minimum atomic E-state index is -0.379. The van der Waals surface area contributed by atoms with Crippen LogP contribution in [0.1, 0.15) is 40.0 Å². The van der Waals surface area contributed by atoms with Crippen LogP contribution in [0, 0.1) is 7.43 Å². The molecule has 0 spiro atoms. The molecule has 2 amide bonds. The number of nitrogens with zero attached hydrogens (tertiary/aromatic N) is 2. The van der Waals surface area contributed by atoms with Gasteiger partial charge in [0.2, 0.25) is 5.91 Å². The summed E-state index contributed by atoms with van der Waals surface area (Å²) in [4.78, 5) is 66.2. The van der Waals surface area contributed by atoms with Gasteiger partial charge in [0.1, 0.15) is 17.3 Å². The number of carbonyl (C=O) groups is 5. The summed E-state index contributed by atoms with van der Waals surface area (Å²) in [6.07, 6.45) is 1.46. The van der Waals surface area contributed by atoms with Gasteiger partial charge in [-0.1, -0.05) is 13.3 Å². The van der Waals surface area contributed by atoms with Gasteiger partial charge in [-0.25, -0.2) is 0 Å². The van der Waals surface area contributed by atoms with Crippen LogP contribution in [0.15, 0.2) is 0 Å². The molecule has 0 aromatic rings. The topological polar surface area (TPSA) is 109 Å². The summed E-state index contributed by atoms with van der Waals surface area (Å²) in [6.45, 7) is 4.64. The van der Waals surface area contributed by atoms with Gasteiger partial charge in [0.05, 0.1) is 19.5 Å².